The Balaban J connectivity index is 2.06. The minimum absolute atomic E-state index is 0.0174. The number of hydrogen-bond acceptors (Lipinski definition) is 12. The molecule has 72 heavy (non-hydrogen) atoms. The molecule has 2 aliphatic rings. The average Bonchev–Trinajstić information content (AvgIpc) is 3.61. The number of esters is 2. The number of fused-ring (bicyclic) bond motifs is 2. The van der Waals surface area contributed by atoms with Crippen LogP contribution in [0.2, 0.25) is 0 Å². The maximum atomic E-state index is 13.1. The Morgan fingerprint density at radius 1 is 0.917 bits per heavy atom. The van der Waals surface area contributed by atoms with Crippen LogP contribution in [0.5, 0.6) is 0 Å². The van der Waals surface area contributed by atoms with E-state index in [1.165, 1.54) is 71.0 Å². The number of aliphatic hydroxyl groups excluding tert-OH is 6. The third-order valence-corrected chi connectivity index (χ3v) is 15.2. The summed E-state index contributed by atoms with van der Waals surface area (Å²) in [5, 5.41) is 68.3. The van der Waals surface area contributed by atoms with Gasteiger partial charge in [-0.25, -0.2) is 4.79 Å². The molecule has 2 rings (SSSR count). The van der Waals surface area contributed by atoms with Crippen molar-refractivity contribution < 1.29 is 59.2 Å². The highest BCUT2D eigenvalue weighted by Gasteiger charge is 2.51. The summed E-state index contributed by atoms with van der Waals surface area (Å²) in [6.45, 7) is 22.7. The molecule has 0 aromatic carbocycles. The van der Waals surface area contributed by atoms with E-state index in [0.717, 1.165) is 30.4 Å². The first-order valence-corrected chi connectivity index (χ1v) is 27.9. The maximum Gasteiger partial charge on any atom is 0.331 e. The monoisotopic (exact) mass is 1120 g/mol. The summed E-state index contributed by atoms with van der Waals surface area (Å²) in [5.74, 6) is -1.21. The lowest BCUT2D eigenvalue weighted by Gasteiger charge is -2.38. The Labute approximate surface area is 442 Å². The second-order valence-electron chi connectivity index (χ2n) is 21.9. The van der Waals surface area contributed by atoms with Gasteiger partial charge in [-0.1, -0.05) is 175 Å². The highest BCUT2D eigenvalue weighted by molar-refractivity contribution is 9.11. The van der Waals surface area contributed by atoms with Crippen molar-refractivity contribution in [3.05, 3.63) is 82.1 Å². The smallest absolute Gasteiger partial charge is 0.331 e. The van der Waals surface area contributed by atoms with Gasteiger partial charge in [0.2, 0.25) is 0 Å². The highest BCUT2D eigenvalue weighted by atomic mass is 79.9. The summed E-state index contributed by atoms with van der Waals surface area (Å²) in [5.41, 5.74) is 1.08. The average molecular weight is 1120 g/mol. The fourth-order valence-electron chi connectivity index (χ4n) is 9.66. The first-order valence-electron chi connectivity index (χ1n) is 27.0. The molecule has 0 radical (unpaired) electrons. The molecule has 1 unspecified atom stereocenters. The summed E-state index contributed by atoms with van der Waals surface area (Å²) in [7, 11) is 1.51. The molecular formula is C59H97BrO12. The van der Waals surface area contributed by atoms with Crippen molar-refractivity contribution >= 4 is 27.9 Å². The minimum Gasteiger partial charge on any atom is -0.496 e. The Morgan fingerprint density at radius 2 is 1.50 bits per heavy atom. The number of ether oxygens (including phenoxy) is 4. The van der Waals surface area contributed by atoms with Crippen LogP contribution in [0.25, 0.3) is 0 Å². The van der Waals surface area contributed by atoms with Crippen molar-refractivity contribution in [1.82, 2.24) is 0 Å². The summed E-state index contributed by atoms with van der Waals surface area (Å²) >= 11 is 3.29. The molecule has 0 spiro atoms. The normalized spacial score (nSPS) is 25.7. The molecule has 13 heteroatoms. The third kappa shape index (κ3) is 23.8. The van der Waals surface area contributed by atoms with Crippen LogP contribution in [0.4, 0.5) is 0 Å². The zero-order valence-corrected chi connectivity index (χ0v) is 47.3. The maximum absolute atomic E-state index is 13.1. The minimum atomic E-state index is -1.34. The Hall–Kier alpha value is -2.88. The topological polar surface area (TPSA) is 192 Å². The molecule has 2 heterocycles. The highest BCUT2D eigenvalue weighted by Crippen LogP contribution is 2.40. The lowest BCUT2D eigenvalue weighted by atomic mass is 10.0. The van der Waals surface area contributed by atoms with Crippen molar-refractivity contribution in [2.24, 2.45) is 11.3 Å². The quantitative estimate of drug-likeness (QED) is 0.00963. The lowest BCUT2D eigenvalue weighted by Crippen LogP contribution is -2.48. The number of allylic oxidation sites excluding steroid dienone is 4. The fraction of sp³-hybridized carbons (Fsp3) is 0.729. The number of halogens is 1. The van der Waals surface area contributed by atoms with Gasteiger partial charge >= 0.3 is 11.9 Å². The van der Waals surface area contributed by atoms with Crippen molar-refractivity contribution in [2.75, 3.05) is 7.11 Å². The third-order valence-electron chi connectivity index (χ3n) is 14.8. The number of rotatable bonds is 31. The van der Waals surface area contributed by atoms with Crippen LogP contribution in [-0.2, 0) is 28.5 Å². The number of carbonyl (C=O) groups excluding carboxylic acids is 2. The zero-order chi connectivity index (χ0) is 54.0. The van der Waals surface area contributed by atoms with E-state index in [-0.39, 0.29) is 38.1 Å². The van der Waals surface area contributed by atoms with E-state index >= 15 is 0 Å². The van der Waals surface area contributed by atoms with E-state index < -0.39 is 77.8 Å². The number of hydrogen-bond donors (Lipinski definition) is 6. The molecule has 0 amide bonds. The van der Waals surface area contributed by atoms with Gasteiger partial charge in [0.1, 0.15) is 29.7 Å². The summed E-state index contributed by atoms with van der Waals surface area (Å²) in [6, 6.07) is 0. The molecule has 2 bridgehead atoms. The molecule has 0 aliphatic carbocycles. The van der Waals surface area contributed by atoms with Gasteiger partial charge in [-0.3, -0.25) is 4.79 Å². The first-order chi connectivity index (χ1) is 34.0. The summed E-state index contributed by atoms with van der Waals surface area (Å²) < 4.78 is 23.8. The molecule has 2 aliphatic heterocycles. The second-order valence-corrected chi connectivity index (χ2v) is 22.4. The molecular weight excluding hydrogens is 1020 g/mol. The molecule has 11 atom stereocenters. The van der Waals surface area contributed by atoms with E-state index in [0.29, 0.717) is 54.6 Å². The van der Waals surface area contributed by atoms with Crippen LogP contribution in [0.3, 0.4) is 0 Å². The second kappa shape index (κ2) is 33.9. The Morgan fingerprint density at radius 3 is 2.08 bits per heavy atom. The standard InChI is InChI=1S/C59H97BrO12/c1-12-13-14-15-16-17-18-19-20-21-22-23-24-28-56(67)70-47(35-44(6)51(39-60)69-11)36-49(62)45(7)50(63)38-53(65)58(8,9)52(64)32-43(5)33-54(66)59(10)55-37-48(72-59)31-42(4)29-41(3)30-46(61)27-25-26-40(2)34-57(68)71-55/h25-26,29,33-34,39,45-50,52-55,61-66H,3,6,12-24,27-28,30-32,35-38H2,1-2,4-5,7-11H3/b26-25+,40-34+,42-29+,43-33+,51-39+/t45-,46-,47+,48?,49+,50-,52-,53+,54+,55-,59-/m1/s1/i2+1,3+1,4+1,6+1,7+1,8+1,9+1,10+1,25+1,26+1,27+1,29+1,30+1,31+1,32+1,33+1,34+1,35+1,36+1,37+1,38+1,39+1,40+1,41+1,42+1,43+1,44+1,45+1,46+1,47+1,48+1,49+1,50+1,51+1,52+1,53+1,54+1,55+1,57+1,58+1,59+1. The Kier molecular flexibility index (Phi) is 30.7. The van der Waals surface area contributed by atoms with Gasteiger partial charge in [-0.15, -0.1) is 0 Å². The zero-order valence-electron chi connectivity index (χ0n) is 45.7. The van der Waals surface area contributed by atoms with Crippen LogP contribution in [-0.4, -0.2) is 110 Å². The van der Waals surface area contributed by atoms with Crippen LogP contribution in [0, 0.1) is 11.3 Å². The predicted molar refractivity (Wildman–Crippen MR) is 292 cm³/mol. The summed E-state index contributed by atoms with van der Waals surface area (Å²) in [4.78, 5) is 27.9. The number of carbonyl (C=O) groups is 2. The van der Waals surface area contributed by atoms with Crippen LogP contribution in [0.15, 0.2) is 82.1 Å². The first kappa shape index (κ1) is 65.2. The number of unbranched alkanes of at least 4 members (excludes halogenated alkanes) is 12. The molecule has 0 aromatic heterocycles. The van der Waals surface area contributed by atoms with E-state index in [1.807, 2.05) is 13.0 Å². The fourth-order valence-corrected chi connectivity index (χ4v) is 10.2. The van der Waals surface area contributed by atoms with E-state index in [2.05, 4.69) is 36.0 Å². The van der Waals surface area contributed by atoms with Gasteiger partial charge < -0.3 is 49.6 Å². The van der Waals surface area contributed by atoms with E-state index in [4.69, 9.17) is 18.9 Å². The van der Waals surface area contributed by atoms with Crippen molar-refractivity contribution in [1.29, 1.82) is 0 Å². The van der Waals surface area contributed by atoms with Crippen molar-refractivity contribution in [2.45, 2.75) is 257 Å². The molecule has 6 N–H and O–H groups in total. The van der Waals surface area contributed by atoms with Gasteiger partial charge in [0.15, 0.2) is 0 Å². The molecule has 12 nitrogen and oxygen atoms in total. The molecule has 0 saturated carbocycles. The predicted octanol–water partition coefficient (Wildman–Crippen LogP) is 11.8. The van der Waals surface area contributed by atoms with Crippen LogP contribution in [0.1, 0.15) is 197 Å². The van der Waals surface area contributed by atoms with E-state index in [1.54, 1.807) is 64.8 Å². The van der Waals surface area contributed by atoms with Gasteiger partial charge in [-0.05, 0) is 70.9 Å². The summed E-state index contributed by atoms with van der Waals surface area (Å²) in [6.07, 6.45) is 17.6. The largest absolute Gasteiger partial charge is 0.496 e. The molecule has 0 aromatic rings. The van der Waals surface area contributed by atoms with Gasteiger partial charge in [0.05, 0.1) is 43.7 Å². The lowest BCUT2D eigenvalue weighted by molar-refractivity contribution is -0.163. The van der Waals surface area contributed by atoms with E-state index in [9.17, 15) is 40.2 Å². The Bertz CT molecular complexity index is 1820. The van der Waals surface area contributed by atoms with Crippen molar-refractivity contribution in [3.8, 4) is 0 Å². The van der Waals surface area contributed by atoms with Gasteiger partial charge in [0.25, 0.3) is 0 Å². The SMILES string of the molecule is CCCCCCCCCCCCCCCC(=O)O[13C@@H]([13CH2][13C](=[13CH2])/[13C](=[13CH]\Br)OC)[13CH2][13C@H](O)[13C@@H]([13CH3])[13C@H](O)[13CH2][13C@H](O)[13C]([13CH3])([13CH3])[13C@H](O)[13CH2]/[13C](C)=[13CH]/[13C@H](O)[13C@@]1([13CH3])O[13CH]2[13CH2]/[13C]([13CH3])=[13CH]/[13C](=[13CH2])[13CH2][13C@H](O)[13CH2]/[13CH]=[13CH]/[13C]([13CH3])=[13CH]/[13C](=O)O[13C@@H]1[13CH2]2. The van der Waals surface area contributed by atoms with Gasteiger partial charge in [0, 0.05) is 54.5 Å². The number of aliphatic hydroxyl groups is 6. The van der Waals surface area contributed by atoms with Crippen LogP contribution < -0.4 is 0 Å². The van der Waals surface area contributed by atoms with Crippen molar-refractivity contribution in [3.63, 3.8) is 0 Å². The molecule has 1 saturated heterocycles. The molecule has 412 valence electrons. The van der Waals surface area contributed by atoms with Gasteiger partial charge in [-0.2, -0.15) is 0 Å². The number of methoxy groups -OCH3 is 1. The molecule has 1 fully saturated rings. The van der Waals surface area contributed by atoms with Crippen LogP contribution >= 0.6 is 15.9 Å².